The van der Waals surface area contributed by atoms with Crippen molar-refractivity contribution < 1.29 is 28.9 Å². The fraction of sp³-hybridized carbons (Fsp3) is 0.125. The fourth-order valence-electron chi connectivity index (χ4n) is 1.03. The molecule has 1 aromatic rings. The number of benzene rings is 1. The number of phenols is 2. The van der Waals surface area contributed by atoms with Gasteiger partial charge in [-0.05, 0) is 0 Å². The third-order valence-corrected chi connectivity index (χ3v) is 1.77. The zero-order valence-corrected chi connectivity index (χ0v) is 7.24. The lowest BCUT2D eigenvalue weighted by Crippen LogP contribution is -2.23. The van der Waals surface area contributed by atoms with E-state index in [0.717, 1.165) is 0 Å². The molecule has 0 aliphatic rings. The molecule has 0 heterocycles. The van der Waals surface area contributed by atoms with Crippen molar-refractivity contribution in [3.8, 4) is 11.5 Å². The Kier molecular flexibility index (Phi) is 2.76. The average Bonchev–Trinajstić information content (AvgIpc) is 2.15. The average molecular weight is 219 g/mol. The summed E-state index contributed by atoms with van der Waals surface area (Å²) >= 11 is 0. The number of aliphatic carboxylic acids is 1. The molecule has 1 atom stereocenters. The van der Waals surface area contributed by atoms with E-state index < -0.39 is 40.7 Å². The van der Waals surface area contributed by atoms with E-state index in [2.05, 4.69) is 0 Å². The summed E-state index contributed by atoms with van der Waals surface area (Å²) in [7, 11) is 0. The number of hydrogen-bond acceptors (Lipinski definition) is 4. The standard InChI is InChI=1S/C8H7F2NO4/c9-5-2(12)1-3(13)6(10)4(5)7(11)8(14)15/h1,7,12-13H,11H2,(H,14,15). The van der Waals surface area contributed by atoms with Gasteiger partial charge in [0, 0.05) is 6.07 Å². The minimum absolute atomic E-state index is 0.419. The maximum absolute atomic E-state index is 13.1. The third kappa shape index (κ3) is 1.82. The van der Waals surface area contributed by atoms with Crippen LogP contribution in [-0.2, 0) is 4.79 Å². The van der Waals surface area contributed by atoms with E-state index >= 15 is 0 Å². The third-order valence-electron chi connectivity index (χ3n) is 1.77. The fourth-order valence-corrected chi connectivity index (χ4v) is 1.03. The van der Waals surface area contributed by atoms with Gasteiger partial charge in [0.15, 0.2) is 23.1 Å². The number of carbonyl (C=O) groups is 1. The predicted octanol–water partition coefficient (Wildman–Crippen LogP) is 0.460. The summed E-state index contributed by atoms with van der Waals surface area (Å²) in [5.74, 6) is -6.82. The van der Waals surface area contributed by atoms with Gasteiger partial charge < -0.3 is 21.1 Å². The highest BCUT2D eigenvalue weighted by atomic mass is 19.1. The van der Waals surface area contributed by atoms with Gasteiger partial charge in [-0.25, -0.2) is 8.78 Å². The van der Waals surface area contributed by atoms with Crippen LogP contribution in [0.4, 0.5) is 8.78 Å². The Labute approximate surface area is 82.4 Å². The lowest BCUT2D eigenvalue weighted by molar-refractivity contribution is -0.138. The van der Waals surface area contributed by atoms with Gasteiger partial charge in [0.2, 0.25) is 0 Å². The molecule has 5 N–H and O–H groups in total. The zero-order valence-electron chi connectivity index (χ0n) is 7.24. The Morgan fingerprint density at radius 1 is 1.27 bits per heavy atom. The van der Waals surface area contributed by atoms with Gasteiger partial charge in [-0.3, -0.25) is 4.79 Å². The van der Waals surface area contributed by atoms with Crippen molar-refractivity contribution in [1.29, 1.82) is 0 Å². The number of nitrogens with two attached hydrogens (primary N) is 1. The molecule has 0 bridgehead atoms. The van der Waals surface area contributed by atoms with Crippen LogP contribution < -0.4 is 5.73 Å². The Morgan fingerprint density at radius 3 is 2.00 bits per heavy atom. The number of rotatable bonds is 2. The van der Waals surface area contributed by atoms with Gasteiger partial charge in [0.1, 0.15) is 6.04 Å². The number of aromatic hydroxyl groups is 2. The molecule has 7 heteroatoms. The molecule has 15 heavy (non-hydrogen) atoms. The highest BCUT2D eigenvalue weighted by Crippen LogP contribution is 2.32. The number of carboxylic acids is 1. The smallest absolute Gasteiger partial charge is 0.325 e. The van der Waals surface area contributed by atoms with E-state index in [1.807, 2.05) is 0 Å². The zero-order chi connectivity index (χ0) is 11.7. The van der Waals surface area contributed by atoms with Crippen molar-refractivity contribution in [2.75, 3.05) is 0 Å². The monoisotopic (exact) mass is 219 g/mol. The highest BCUT2D eigenvalue weighted by molar-refractivity contribution is 5.76. The number of halogens is 2. The molecular weight excluding hydrogens is 212 g/mol. The molecule has 0 aliphatic heterocycles. The van der Waals surface area contributed by atoms with Crippen LogP contribution in [0.2, 0.25) is 0 Å². The van der Waals surface area contributed by atoms with Gasteiger partial charge >= 0.3 is 5.97 Å². The number of hydrogen-bond donors (Lipinski definition) is 4. The normalized spacial score (nSPS) is 12.5. The summed E-state index contributed by atoms with van der Waals surface area (Å²) in [4.78, 5) is 10.4. The second-order valence-electron chi connectivity index (χ2n) is 2.77. The highest BCUT2D eigenvalue weighted by Gasteiger charge is 2.27. The van der Waals surface area contributed by atoms with Crippen molar-refractivity contribution in [1.82, 2.24) is 0 Å². The van der Waals surface area contributed by atoms with Crippen LogP contribution in [-0.4, -0.2) is 21.3 Å². The molecule has 1 unspecified atom stereocenters. The summed E-state index contributed by atoms with van der Waals surface area (Å²) in [6.07, 6.45) is 0. The minimum Gasteiger partial charge on any atom is -0.505 e. The van der Waals surface area contributed by atoms with Crippen LogP contribution in [0.5, 0.6) is 11.5 Å². The van der Waals surface area contributed by atoms with Gasteiger partial charge in [-0.1, -0.05) is 0 Å². The maximum atomic E-state index is 13.1. The minimum atomic E-state index is -2.00. The first-order valence-corrected chi connectivity index (χ1v) is 3.74. The molecule has 0 saturated heterocycles. The van der Waals surface area contributed by atoms with Crippen LogP contribution >= 0.6 is 0 Å². The Hall–Kier alpha value is -1.89. The van der Waals surface area contributed by atoms with Crippen LogP contribution in [0.1, 0.15) is 11.6 Å². The SMILES string of the molecule is NC(C(=O)O)c1c(F)c(O)cc(O)c1F. The molecule has 0 fully saturated rings. The van der Waals surface area contributed by atoms with E-state index in [1.165, 1.54) is 0 Å². The van der Waals surface area contributed by atoms with Crippen molar-refractivity contribution in [2.24, 2.45) is 5.73 Å². The van der Waals surface area contributed by atoms with E-state index in [9.17, 15) is 13.6 Å². The molecule has 1 rings (SSSR count). The molecule has 0 spiro atoms. The van der Waals surface area contributed by atoms with Gasteiger partial charge in [-0.15, -0.1) is 0 Å². The molecule has 0 saturated carbocycles. The second-order valence-corrected chi connectivity index (χ2v) is 2.77. The summed E-state index contributed by atoms with van der Waals surface area (Å²) in [6, 6.07) is -1.58. The van der Waals surface area contributed by atoms with Crippen molar-refractivity contribution in [3.05, 3.63) is 23.3 Å². The van der Waals surface area contributed by atoms with Crippen LogP contribution in [0.25, 0.3) is 0 Å². The summed E-state index contributed by atoms with van der Waals surface area (Å²) in [6.45, 7) is 0. The summed E-state index contributed by atoms with van der Waals surface area (Å²) in [5, 5.41) is 26.2. The van der Waals surface area contributed by atoms with Crippen LogP contribution in [0, 0.1) is 11.6 Å². The van der Waals surface area contributed by atoms with E-state index in [1.54, 1.807) is 0 Å². The summed E-state index contributed by atoms with van der Waals surface area (Å²) in [5.41, 5.74) is 3.89. The second kappa shape index (κ2) is 3.70. The first kappa shape index (κ1) is 11.2. The van der Waals surface area contributed by atoms with Gasteiger partial charge in [0.25, 0.3) is 0 Å². The van der Waals surface area contributed by atoms with E-state index in [4.69, 9.17) is 21.1 Å². The molecule has 0 radical (unpaired) electrons. The number of phenolic OH excluding ortho intramolecular Hbond substituents is 2. The van der Waals surface area contributed by atoms with Gasteiger partial charge in [-0.2, -0.15) is 0 Å². The first-order valence-electron chi connectivity index (χ1n) is 3.74. The maximum Gasteiger partial charge on any atom is 0.325 e. The molecule has 0 aliphatic carbocycles. The lowest BCUT2D eigenvalue weighted by atomic mass is 10.1. The quantitative estimate of drug-likeness (QED) is 0.578. The molecule has 1 aromatic carbocycles. The lowest BCUT2D eigenvalue weighted by Gasteiger charge is -2.11. The molecular formula is C8H7F2NO4. The predicted molar refractivity (Wildman–Crippen MR) is 44.3 cm³/mol. The van der Waals surface area contributed by atoms with Crippen LogP contribution in [0.3, 0.4) is 0 Å². The molecule has 0 amide bonds. The topological polar surface area (TPSA) is 104 Å². The van der Waals surface area contributed by atoms with Crippen LogP contribution in [0.15, 0.2) is 6.07 Å². The molecule has 82 valence electrons. The first-order chi connectivity index (χ1) is 6.86. The van der Waals surface area contributed by atoms with Crippen molar-refractivity contribution >= 4 is 5.97 Å². The Morgan fingerprint density at radius 2 is 1.67 bits per heavy atom. The molecule has 5 nitrogen and oxygen atoms in total. The summed E-state index contributed by atoms with van der Waals surface area (Å²) < 4.78 is 26.2. The van der Waals surface area contributed by atoms with E-state index in [-0.39, 0.29) is 0 Å². The van der Waals surface area contributed by atoms with Gasteiger partial charge in [0.05, 0.1) is 5.56 Å². The molecule has 0 aromatic heterocycles. The Bertz CT molecular complexity index is 395. The van der Waals surface area contributed by atoms with Crippen molar-refractivity contribution in [3.63, 3.8) is 0 Å². The van der Waals surface area contributed by atoms with E-state index in [0.29, 0.717) is 6.07 Å². The van der Waals surface area contributed by atoms with Crippen molar-refractivity contribution in [2.45, 2.75) is 6.04 Å². The Balaban J connectivity index is 3.45. The number of carboxylic acid groups (broad SMARTS) is 1. The largest absolute Gasteiger partial charge is 0.505 e.